The summed E-state index contributed by atoms with van der Waals surface area (Å²) in [4.78, 5) is 2.59. The molecule has 106 valence electrons. The molecule has 1 fully saturated rings. The smallest absolute Gasteiger partial charge is 0.0233 e. The first kappa shape index (κ1) is 14.5. The van der Waals surface area contributed by atoms with E-state index in [0.29, 0.717) is 0 Å². The van der Waals surface area contributed by atoms with Gasteiger partial charge in [0.2, 0.25) is 0 Å². The molecule has 2 heteroatoms. The van der Waals surface area contributed by atoms with Gasteiger partial charge >= 0.3 is 0 Å². The lowest BCUT2D eigenvalue weighted by molar-refractivity contribution is 0.209. The van der Waals surface area contributed by atoms with Crippen LogP contribution in [0.5, 0.6) is 0 Å². The summed E-state index contributed by atoms with van der Waals surface area (Å²) in [6.45, 7) is 12.5. The molecule has 1 saturated heterocycles. The van der Waals surface area contributed by atoms with E-state index in [4.69, 9.17) is 0 Å². The van der Waals surface area contributed by atoms with Crippen molar-refractivity contribution in [3.8, 4) is 0 Å². The molecule has 1 aliphatic rings. The van der Waals surface area contributed by atoms with E-state index in [1.165, 1.54) is 49.2 Å². The Labute approximate surface area is 118 Å². The van der Waals surface area contributed by atoms with Gasteiger partial charge < -0.3 is 5.32 Å². The maximum atomic E-state index is 3.52. The molecule has 0 amide bonds. The van der Waals surface area contributed by atoms with Gasteiger partial charge in [0.1, 0.15) is 0 Å². The molecule has 0 bridgehead atoms. The molecule has 1 N–H and O–H groups in total. The first-order valence-electron chi connectivity index (χ1n) is 7.67. The van der Waals surface area contributed by atoms with Crippen molar-refractivity contribution in [3.05, 3.63) is 34.9 Å². The van der Waals surface area contributed by atoms with E-state index in [2.05, 4.69) is 49.2 Å². The molecule has 1 aliphatic heterocycles. The van der Waals surface area contributed by atoms with Crippen LogP contribution in [-0.4, -0.2) is 31.1 Å². The number of benzene rings is 1. The molecule has 0 radical (unpaired) electrons. The van der Waals surface area contributed by atoms with Crippen molar-refractivity contribution in [2.75, 3.05) is 26.2 Å². The number of aryl methyl sites for hydroxylation is 2. The topological polar surface area (TPSA) is 15.3 Å². The maximum absolute atomic E-state index is 3.52. The summed E-state index contributed by atoms with van der Waals surface area (Å²) in [5.41, 5.74) is 4.22. The van der Waals surface area contributed by atoms with Gasteiger partial charge in [0, 0.05) is 13.1 Å². The molecule has 0 saturated carbocycles. The molecular weight excluding hydrogens is 232 g/mol. The van der Waals surface area contributed by atoms with Gasteiger partial charge in [0.25, 0.3) is 0 Å². The zero-order chi connectivity index (χ0) is 13.7. The summed E-state index contributed by atoms with van der Waals surface area (Å²) >= 11 is 0. The lowest BCUT2D eigenvalue weighted by atomic mass is 9.98. The quantitative estimate of drug-likeness (QED) is 0.875. The van der Waals surface area contributed by atoms with E-state index in [1.54, 1.807) is 0 Å². The van der Waals surface area contributed by atoms with Crippen LogP contribution in [0.4, 0.5) is 0 Å². The van der Waals surface area contributed by atoms with E-state index in [-0.39, 0.29) is 0 Å². The van der Waals surface area contributed by atoms with Crippen LogP contribution >= 0.6 is 0 Å². The van der Waals surface area contributed by atoms with Crippen molar-refractivity contribution in [3.63, 3.8) is 0 Å². The van der Waals surface area contributed by atoms with E-state index in [1.807, 2.05) is 0 Å². The van der Waals surface area contributed by atoms with Crippen LogP contribution in [0.2, 0.25) is 0 Å². The lowest BCUT2D eigenvalue weighted by Crippen LogP contribution is -2.38. The number of nitrogens with zero attached hydrogens (tertiary/aromatic N) is 1. The Morgan fingerprint density at radius 1 is 1.21 bits per heavy atom. The highest BCUT2D eigenvalue weighted by molar-refractivity contribution is 5.28. The Morgan fingerprint density at radius 2 is 1.95 bits per heavy atom. The van der Waals surface area contributed by atoms with Crippen molar-refractivity contribution in [1.29, 1.82) is 0 Å². The van der Waals surface area contributed by atoms with Crippen LogP contribution in [-0.2, 0) is 6.54 Å². The third-order valence-electron chi connectivity index (χ3n) is 4.05. The van der Waals surface area contributed by atoms with Gasteiger partial charge in [-0.2, -0.15) is 0 Å². The molecule has 19 heavy (non-hydrogen) atoms. The second-order valence-corrected chi connectivity index (χ2v) is 6.04. The van der Waals surface area contributed by atoms with Gasteiger partial charge in [0.05, 0.1) is 0 Å². The van der Waals surface area contributed by atoms with Crippen LogP contribution < -0.4 is 5.32 Å². The van der Waals surface area contributed by atoms with E-state index in [9.17, 15) is 0 Å². The van der Waals surface area contributed by atoms with Crippen molar-refractivity contribution in [1.82, 2.24) is 10.2 Å². The standard InChI is InChI=1S/C17H28N2/c1-4-19(12-16-6-5-7-18-11-16)13-17-9-14(2)8-15(3)10-17/h8-10,16,18H,4-7,11-13H2,1-3H3. The molecule has 1 heterocycles. The molecule has 1 aromatic carbocycles. The summed E-state index contributed by atoms with van der Waals surface area (Å²) in [5.74, 6) is 0.833. The molecule has 2 rings (SSSR count). The molecule has 1 unspecified atom stereocenters. The summed E-state index contributed by atoms with van der Waals surface area (Å²) in [6.07, 6.45) is 2.72. The van der Waals surface area contributed by atoms with Gasteiger partial charge in [-0.3, -0.25) is 4.90 Å². The third kappa shape index (κ3) is 4.63. The van der Waals surface area contributed by atoms with Crippen molar-refractivity contribution in [2.45, 2.75) is 40.2 Å². The normalized spacial score (nSPS) is 19.9. The van der Waals surface area contributed by atoms with Crippen LogP contribution in [0.15, 0.2) is 18.2 Å². The Morgan fingerprint density at radius 3 is 2.53 bits per heavy atom. The second-order valence-electron chi connectivity index (χ2n) is 6.04. The number of piperidine rings is 1. The Balaban J connectivity index is 1.93. The third-order valence-corrected chi connectivity index (χ3v) is 4.05. The Kier molecular flexibility index (Phi) is 5.41. The molecule has 0 aliphatic carbocycles. The number of rotatable bonds is 5. The minimum atomic E-state index is 0.833. The SMILES string of the molecule is CCN(Cc1cc(C)cc(C)c1)CC1CCCNC1. The van der Waals surface area contributed by atoms with E-state index in [0.717, 1.165) is 19.0 Å². The monoisotopic (exact) mass is 260 g/mol. The molecule has 1 atom stereocenters. The number of hydrogen-bond acceptors (Lipinski definition) is 2. The van der Waals surface area contributed by atoms with Crippen molar-refractivity contribution < 1.29 is 0 Å². The highest BCUT2D eigenvalue weighted by Crippen LogP contribution is 2.15. The van der Waals surface area contributed by atoms with Gasteiger partial charge in [-0.25, -0.2) is 0 Å². The summed E-state index contributed by atoms with van der Waals surface area (Å²) < 4.78 is 0. The predicted octanol–water partition coefficient (Wildman–Crippen LogP) is 3.12. The zero-order valence-electron chi connectivity index (χ0n) is 12.7. The second kappa shape index (κ2) is 7.06. The fourth-order valence-electron chi connectivity index (χ4n) is 3.17. The number of nitrogens with one attached hydrogen (secondary N) is 1. The van der Waals surface area contributed by atoms with Gasteiger partial charge in [0.15, 0.2) is 0 Å². The van der Waals surface area contributed by atoms with Crippen molar-refractivity contribution >= 4 is 0 Å². The van der Waals surface area contributed by atoms with E-state index < -0.39 is 0 Å². The summed E-state index contributed by atoms with van der Waals surface area (Å²) in [7, 11) is 0. The largest absolute Gasteiger partial charge is 0.316 e. The van der Waals surface area contributed by atoms with Crippen molar-refractivity contribution in [2.24, 2.45) is 5.92 Å². The molecule has 0 aromatic heterocycles. The molecule has 1 aromatic rings. The Bertz CT molecular complexity index is 374. The molecule has 0 spiro atoms. The summed E-state index contributed by atoms with van der Waals surface area (Å²) in [5, 5.41) is 3.52. The van der Waals surface area contributed by atoms with Gasteiger partial charge in [-0.1, -0.05) is 36.2 Å². The summed E-state index contributed by atoms with van der Waals surface area (Å²) in [6, 6.07) is 6.91. The predicted molar refractivity (Wildman–Crippen MR) is 82.5 cm³/mol. The van der Waals surface area contributed by atoms with Crippen LogP contribution in [0.3, 0.4) is 0 Å². The van der Waals surface area contributed by atoms with Gasteiger partial charge in [-0.05, 0) is 57.8 Å². The highest BCUT2D eigenvalue weighted by Gasteiger charge is 2.16. The van der Waals surface area contributed by atoms with E-state index >= 15 is 0 Å². The first-order valence-corrected chi connectivity index (χ1v) is 7.67. The number of hydrogen-bond donors (Lipinski definition) is 1. The van der Waals surface area contributed by atoms with Gasteiger partial charge in [-0.15, -0.1) is 0 Å². The average Bonchev–Trinajstić information content (AvgIpc) is 2.38. The van der Waals surface area contributed by atoms with Crippen LogP contribution in [0, 0.1) is 19.8 Å². The first-order chi connectivity index (χ1) is 9.17. The zero-order valence-corrected chi connectivity index (χ0v) is 12.7. The van der Waals surface area contributed by atoms with Crippen LogP contribution in [0.1, 0.15) is 36.5 Å². The lowest BCUT2D eigenvalue weighted by Gasteiger charge is -2.29. The fourth-order valence-corrected chi connectivity index (χ4v) is 3.17. The minimum absolute atomic E-state index is 0.833. The highest BCUT2D eigenvalue weighted by atomic mass is 15.1. The maximum Gasteiger partial charge on any atom is 0.0233 e. The minimum Gasteiger partial charge on any atom is -0.316 e. The average molecular weight is 260 g/mol. The van der Waals surface area contributed by atoms with Crippen LogP contribution in [0.25, 0.3) is 0 Å². The molecular formula is C17H28N2. The Hall–Kier alpha value is -0.860. The molecule has 2 nitrogen and oxygen atoms in total. The fraction of sp³-hybridized carbons (Fsp3) is 0.647.